The molecule has 0 bridgehead atoms. The Balaban J connectivity index is 3.35. The highest BCUT2D eigenvalue weighted by Gasteiger charge is 2.34. The van der Waals surface area contributed by atoms with Gasteiger partial charge in [-0.25, -0.2) is 13.1 Å². The number of benzene rings is 1. The van der Waals surface area contributed by atoms with Crippen molar-refractivity contribution >= 4 is 31.6 Å². The lowest BCUT2D eigenvalue weighted by Crippen LogP contribution is -2.52. The molecule has 1 aromatic rings. The first kappa shape index (κ1) is 18.0. The van der Waals surface area contributed by atoms with Gasteiger partial charge in [-0.2, -0.15) is 0 Å². The third kappa shape index (κ3) is 4.00. The number of rotatable bonds is 7. The lowest BCUT2D eigenvalue weighted by molar-refractivity contribution is -0.387. The van der Waals surface area contributed by atoms with Crippen LogP contribution in [-0.4, -0.2) is 25.4 Å². The molecule has 7 nitrogen and oxygen atoms in total. The fourth-order valence-corrected chi connectivity index (χ4v) is 3.98. The van der Waals surface area contributed by atoms with Crippen LogP contribution >= 0.6 is 15.9 Å². The number of halogens is 1. The fraction of sp³-hybridized carbons (Fsp3) is 0.500. The van der Waals surface area contributed by atoms with E-state index in [2.05, 4.69) is 20.7 Å². The van der Waals surface area contributed by atoms with Gasteiger partial charge in [0.05, 0.1) is 4.92 Å². The molecule has 0 aliphatic rings. The maximum Gasteiger partial charge on any atom is 0.290 e. The van der Waals surface area contributed by atoms with E-state index in [1.807, 2.05) is 13.8 Å². The number of nitrogens with two attached hydrogens (primary N) is 1. The minimum atomic E-state index is -4.04. The zero-order valence-electron chi connectivity index (χ0n) is 11.8. The van der Waals surface area contributed by atoms with Gasteiger partial charge in [0.1, 0.15) is 0 Å². The van der Waals surface area contributed by atoms with Crippen molar-refractivity contribution < 1.29 is 13.3 Å². The highest BCUT2D eigenvalue weighted by atomic mass is 79.9. The molecule has 0 amide bonds. The number of hydrogen-bond acceptors (Lipinski definition) is 5. The summed E-state index contributed by atoms with van der Waals surface area (Å²) in [5.74, 6) is 0. The average molecular weight is 380 g/mol. The maximum atomic E-state index is 12.5. The summed E-state index contributed by atoms with van der Waals surface area (Å²) in [5, 5.41) is 11.1. The summed E-state index contributed by atoms with van der Waals surface area (Å²) in [7, 11) is -4.04. The molecule has 1 rings (SSSR count). The number of hydrogen-bond donors (Lipinski definition) is 2. The molecule has 0 unspecified atom stereocenters. The second kappa shape index (κ2) is 6.82. The lowest BCUT2D eigenvalue weighted by atomic mass is 9.95. The van der Waals surface area contributed by atoms with Crippen LogP contribution < -0.4 is 10.5 Å². The SMILES string of the molecule is CCC(CC)(CN)NS(=O)(=O)c1ccc(Br)cc1[N+](=O)[O-]. The Labute approximate surface area is 132 Å². The molecule has 3 N–H and O–H groups in total. The van der Waals surface area contributed by atoms with Crippen molar-refractivity contribution in [3.63, 3.8) is 0 Å². The van der Waals surface area contributed by atoms with Crippen LogP contribution in [-0.2, 0) is 10.0 Å². The Morgan fingerprint density at radius 3 is 2.38 bits per heavy atom. The molecule has 0 aliphatic carbocycles. The number of sulfonamides is 1. The minimum absolute atomic E-state index is 0.115. The quantitative estimate of drug-likeness (QED) is 0.556. The summed E-state index contributed by atoms with van der Waals surface area (Å²) in [6, 6.07) is 3.82. The third-order valence-electron chi connectivity index (χ3n) is 3.50. The third-order valence-corrected chi connectivity index (χ3v) is 5.62. The van der Waals surface area contributed by atoms with Crippen LogP contribution in [0.1, 0.15) is 26.7 Å². The molecule has 0 spiro atoms. The van der Waals surface area contributed by atoms with Gasteiger partial charge in [0, 0.05) is 22.6 Å². The van der Waals surface area contributed by atoms with Gasteiger partial charge < -0.3 is 5.73 Å². The molecule has 0 aliphatic heterocycles. The summed E-state index contributed by atoms with van der Waals surface area (Å²) in [6.45, 7) is 3.74. The van der Waals surface area contributed by atoms with Crippen molar-refractivity contribution in [2.75, 3.05) is 6.54 Å². The minimum Gasteiger partial charge on any atom is -0.329 e. The molecule has 0 fully saturated rings. The van der Waals surface area contributed by atoms with E-state index in [9.17, 15) is 18.5 Å². The van der Waals surface area contributed by atoms with E-state index in [1.54, 1.807) is 0 Å². The van der Waals surface area contributed by atoms with Crippen molar-refractivity contribution in [2.45, 2.75) is 37.1 Å². The summed E-state index contributed by atoms with van der Waals surface area (Å²) in [4.78, 5) is 9.98. The van der Waals surface area contributed by atoms with Gasteiger partial charge in [0.25, 0.3) is 5.69 Å². The zero-order chi connectivity index (χ0) is 16.3. The molecule has 0 radical (unpaired) electrons. The second-order valence-corrected chi connectivity index (χ2v) is 7.23. The van der Waals surface area contributed by atoms with Crippen molar-refractivity contribution in [3.05, 3.63) is 32.8 Å². The Hall–Kier alpha value is -1.03. The van der Waals surface area contributed by atoms with E-state index >= 15 is 0 Å². The van der Waals surface area contributed by atoms with Crippen LogP contribution in [0.5, 0.6) is 0 Å². The van der Waals surface area contributed by atoms with Gasteiger partial charge in [0.2, 0.25) is 10.0 Å². The van der Waals surface area contributed by atoms with Gasteiger partial charge in [-0.3, -0.25) is 10.1 Å². The van der Waals surface area contributed by atoms with Crippen LogP contribution in [0.15, 0.2) is 27.6 Å². The molecule has 0 saturated carbocycles. The van der Waals surface area contributed by atoms with E-state index in [0.29, 0.717) is 17.3 Å². The van der Waals surface area contributed by atoms with E-state index < -0.39 is 26.2 Å². The molecule has 0 saturated heterocycles. The molecular weight excluding hydrogens is 362 g/mol. The first-order valence-electron chi connectivity index (χ1n) is 6.39. The Bertz CT molecular complexity index is 621. The molecule has 0 aromatic heterocycles. The first-order chi connectivity index (χ1) is 9.71. The predicted octanol–water partition coefficient (Wildman–Crippen LogP) is 2.15. The predicted molar refractivity (Wildman–Crippen MR) is 83.5 cm³/mol. The normalized spacial score (nSPS) is 12.4. The van der Waals surface area contributed by atoms with Crippen molar-refractivity contribution in [2.24, 2.45) is 5.73 Å². The second-order valence-electron chi connectivity index (χ2n) is 4.67. The average Bonchev–Trinajstić information content (AvgIpc) is 2.44. The van der Waals surface area contributed by atoms with Crippen molar-refractivity contribution in [3.8, 4) is 0 Å². The molecule has 21 heavy (non-hydrogen) atoms. The molecule has 118 valence electrons. The summed E-state index contributed by atoms with van der Waals surface area (Å²) >= 11 is 3.09. The number of nitro groups is 1. The summed E-state index contributed by atoms with van der Waals surface area (Å²) in [5.41, 5.74) is 4.39. The number of nitro benzene ring substituents is 1. The summed E-state index contributed by atoms with van der Waals surface area (Å²) < 4.78 is 27.9. The first-order valence-corrected chi connectivity index (χ1v) is 8.67. The van der Waals surface area contributed by atoms with E-state index in [-0.39, 0.29) is 11.4 Å². The van der Waals surface area contributed by atoms with E-state index in [4.69, 9.17) is 5.73 Å². The van der Waals surface area contributed by atoms with Crippen molar-refractivity contribution in [1.82, 2.24) is 4.72 Å². The van der Waals surface area contributed by atoms with E-state index in [1.165, 1.54) is 12.1 Å². The van der Waals surface area contributed by atoms with Crippen LogP contribution in [0.4, 0.5) is 5.69 Å². The number of nitrogens with zero attached hydrogens (tertiary/aromatic N) is 1. The van der Waals surface area contributed by atoms with Gasteiger partial charge in [-0.15, -0.1) is 0 Å². The standard InChI is InChI=1S/C12H18BrN3O4S/c1-3-12(4-2,8-14)15-21(19,20)11-6-5-9(13)7-10(11)16(17)18/h5-7,15H,3-4,8,14H2,1-2H3. The Morgan fingerprint density at radius 1 is 1.38 bits per heavy atom. The molecule has 9 heteroatoms. The highest BCUT2D eigenvalue weighted by Crippen LogP contribution is 2.29. The summed E-state index contributed by atoms with van der Waals surface area (Å²) in [6.07, 6.45) is 0.979. The van der Waals surface area contributed by atoms with Gasteiger partial charge >= 0.3 is 0 Å². The zero-order valence-corrected chi connectivity index (χ0v) is 14.2. The maximum absolute atomic E-state index is 12.5. The Kier molecular flexibility index (Phi) is 5.85. The van der Waals surface area contributed by atoms with Gasteiger partial charge in [-0.1, -0.05) is 29.8 Å². The van der Waals surface area contributed by atoms with Crippen LogP contribution in [0.25, 0.3) is 0 Å². The van der Waals surface area contributed by atoms with E-state index in [0.717, 1.165) is 6.07 Å². The monoisotopic (exact) mass is 379 g/mol. The van der Waals surface area contributed by atoms with Crippen LogP contribution in [0.2, 0.25) is 0 Å². The lowest BCUT2D eigenvalue weighted by Gasteiger charge is -2.30. The highest BCUT2D eigenvalue weighted by molar-refractivity contribution is 9.10. The molecule has 0 heterocycles. The fourth-order valence-electron chi connectivity index (χ4n) is 1.93. The molecule has 1 aromatic carbocycles. The van der Waals surface area contributed by atoms with Crippen LogP contribution in [0, 0.1) is 10.1 Å². The topological polar surface area (TPSA) is 115 Å². The smallest absolute Gasteiger partial charge is 0.290 e. The van der Waals surface area contributed by atoms with Crippen molar-refractivity contribution in [1.29, 1.82) is 0 Å². The molecule has 0 atom stereocenters. The number of nitrogens with one attached hydrogen (secondary N) is 1. The largest absolute Gasteiger partial charge is 0.329 e. The van der Waals surface area contributed by atoms with Crippen LogP contribution in [0.3, 0.4) is 0 Å². The van der Waals surface area contributed by atoms with Gasteiger partial charge in [-0.05, 0) is 25.0 Å². The molecular formula is C12H18BrN3O4S. The van der Waals surface area contributed by atoms with Gasteiger partial charge in [0.15, 0.2) is 4.90 Å². The Morgan fingerprint density at radius 2 is 1.95 bits per heavy atom.